The van der Waals surface area contributed by atoms with Crippen molar-refractivity contribution in [2.75, 3.05) is 23.7 Å². The largest absolute Gasteiger partial charge is 0.350 e. The first-order valence-electron chi connectivity index (χ1n) is 10.7. The van der Waals surface area contributed by atoms with Gasteiger partial charge in [0.05, 0.1) is 11.9 Å². The Kier molecular flexibility index (Phi) is 9.08. The van der Waals surface area contributed by atoms with Crippen LogP contribution in [0.5, 0.6) is 0 Å². The molecule has 7 nitrogen and oxygen atoms in total. The van der Waals surface area contributed by atoms with Gasteiger partial charge in [-0.2, -0.15) is 0 Å². The SMILES string of the molecule is C[C@H](C(=O)NC(C)(C)C)N(CCc1ccccc1)C(=O)CN(c1cccc(Br)c1)S(C)(=O)=O. The number of halogens is 1. The molecule has 0 aromatic heterocycles. The standard InChI is InChI=1S/C24H32BrN3O4S/c1-18(23(30)26-24(2,3)4)27(15-14-19-10-7-6-8-11-19)22(29)17-28(33(5,31)32)21-13-9-12-20(25)16-21/h6-13,16,18H,14-15,17H2,1-5H3,(H,26,30)/t18-/m1/s1. The van der Waals surface area contributed by atoms with Crippen molar-refractivity contribution < 1.29 is 18.0 Å². The van der Waals surface area contributed by atoms with E-state index in [2.05, 4.69) is 21.2 Å². The second-order valence-electron chi connectivity index (χ2n) is 8.99. The van der Waals surface area contributed by atoms with E-state index in [0.29, 0.717) is 16.6 Å². The zero-order valence-electron chi connectivity index (χ0n) is 19.7. The number of hydrogen-bond acceptors (Lipinski definition) is 4. The fourth-order valence-corrected chi connectivity index (χ4v) is 4.52. The molecule has 0 aliphatic heterocycles. The van der Waals surface area contributed by atoms with Crippen molar-refractivity contribution in [2.45, 2.75) is 45.7 Å². The van der Waals surface area contributed by atoms with E-state index in [1.54, 1.807) is 31.2 Å². The van der Waals surface area contributed by atoms with E-state index in [1.165, 1.54) is 4.90 Å². The maximum absolute atomic E-state index is 13.4. The summed E-state index contributed by atoms with van der Waals surface area (Å²) in [5.74, 6) is -0.745. The van der Waals surface area contributed by atoms with Gasteiger partial charge in [-0.05, 0) is 57.9 Å². The number of amides is 2. The number of sulfonamides is 1. The maximum atomic E-state index is 13.4. The minimum Gasteiger partial charge on any atom is -0.350 e. The van der Waals surface area contributed by atoms with Crippen molar-refractivity contribution >= 4 is 43.5 Å². The average molecular weight is 539 g/mol. The molecule has 0 bridgehead atoms. The number of rotatable bonds is 9. The molecule has 33 heavy (non-hydrogen) atoms. The molecule has 0 aliphatic rings. The van der Waals surface area contributed by atoms with Crippen molar-refractivity contribution in [2.24, 2.45) is 0 Å². The lowest BCUT2D eigenvalue weighted by Crippen LogP contribution is -2.55. The van der Waals surface area contributed by atoms with E-state index in [-0.39, 0.29) is 12.5 Å². The van der Waals surface area contributed by atoms with Gasteiger partial charge in [-0.25, -0.2) is 8.42 Å². The van der Waals surface area contributed by atoms with E-state index in [0.717, 1.165) is 16.1 Å². The predicted molar refractivity (Wildman–Crippen MR) is 136 cm³/mol. The van der Waals surface area contributed by atoms with Crippen molar-refractivity contribution in [3.8, 4) is 0 Å². The topological polar surface area (TPSA) is 86.8 Å². The van der Waals surface area contributed by atoms with Gasteiger partial charge >= 0.3 is 0 Å². The van der Waals surface area contributed by atoms with Crippen LogP contribution in [-0.4, -0.2) is 56.1 Å². The van der Waals surface area contributed by atoms with E-state index < -0.39 is 34.1 Å². The number of nitrogens with one attached hydrogen (secondary N) is 1. The van der Waals surface area contributed by atoms with Crippen LogP contribution in [0, 0.1) is 0 Å². The molecule has 0 saturated carbocycles. The second kappa shape index (κ2) is 11.2. The summed E-state index contributed by atoms with van der Waals surface area (Å²) in [5, 5.41) is 2.90. The van der Waals surface area contributed by atoms with Gasteiger partial charge in [-0.15, -0.1) is 0 Å². The number of nitrogens with zero attached hydrogens (tertiary/aromatic N) is 2. The predicted octanol–water partition coefficient (Wildman–Crippen LogP) is 3.59. The summed E-state index contributed by atoms with van der Waals surface area (Å²) < 4.78 is 26.8. The summed E-state index contributed by atoms with van der Waals surface area (Å²) in [6, 6.07) is 15.6. The summed E-state index contributed by atoms with van der Waals surface area (Å²) >= 11 is 3.34. The molecule has 2 rings (SSSR count). The third-order valence-electron chi connectivity index (χ3n) is 4.93. The molecule has 0 saturated heterocycles. The van der Waals surface area contributed by atoms with Crippen LogP contribution in [0.15, 0.2) is 59.1 Å². The second-order valence-corrected chi connectivity index (χ2v) is 11.8. The minimum atomic E-state index is -3.74. The van der Waals surface area contributed by atoms with Crippen LogP contribution in [0.25, 0.3) is 0 Å². The van der Waals surface area contributed by atoms with Crippen LogP contribution in [0.4, 0.5) is 5.69 Å². The molecule has 0 heterocycles. The fraction of sp³-hybridized carbons (Fsp3) is 0.417. The quantitative estimate of drug-likeness (QED) is 0.529. The zero-order chi connectivity index (χ0) is 24.8. The number of benzene rings is 2. The Hall–Kier alpha value is -2.39. The highest BCUT2D eigenvalue weighted by Gasteiger charge is 2.31. The molecular formula is C24H32BrN3O4S. The van der Waals surface area contributed by atoms with Crippen molar-refractivity contribution in [1.82, 2.24) is 10.2 Å². The molecule has 0 fully saturated rings. The molecule has 9 heteroatoms. The number of anilines is 1. The first-order valence-corrected chi connectivity index (χ1v) is 13.3. The number of hydrogen-bond donors (Lipinski definition) is 1. The lowest BCUT2D eigenvalue weighted by Gasteiger charge is -2.33. The Bertz CT molecular complexity index is 1070. The molecule has 2 aromatic carbocycles. The Balaban J connectivity index is 2.32. The van der Waals surface area contributed by atoms with Gasteiger partial charge in [0, 0.05) is 16.6 Å². The first kappa shape index (κ1) is 26.9. The highest BCUT2D eigenvalue weighted by atomic mass is 79.9. The van der Waals surface area contributed by atoms with Crippen LogP contribution in [-0.2, 0) is 26.0 Å². The van der Waals surface area contributed by atoms with Crippen molar-refractivity contribution in [3.05, 3.63) is 64.6 Å². The summed E-state index contributed by atoms with van der Waals surface area (Å²) in [7, 11) is -3.74. The number of carbonyl (C=O) groups is 2. The van der Waals surface area contributed by atoms with Crippen molar-refractivity contribution in [1.29, 1.82) is 0 Å². The maximum Gasteiger partial charge on any atom is 0.244 e. The normalized spacial score (nSPS) is 12.7. The Morgan fingerprint density at radius 1 is 1.06 bits per heavy atom. The fourth-order valence-electron chi connectivity index (χ4n) is 3.29. The van der Waals surface area contributed by atoms with Gasteiger partial charge in [-0.1, -0.05) is 52.3 Å². The summed E-state index contributed by atoms with van der Waals surface area (Å²) in [6.45, 7) is 7.13. The molecule has 1 N–H and O–H groups in total. The molecule has 2 aromatic rings. The molecule has 2 amide bonds. The molecule has 0 aliphatic carbocycles. The molecule has 0 unspecified atom stereocenters. The zero-order valence-corrected chi connectivity index (χ0v) is 22.1. The lowest BCUT2D eigenvalue weighted by molar-refractivity contribution is -0.139. The van der Waals surface area contributed by atoms with Gasteiger partial charge in [0.15, 0.2) is 0 Å². The van der Waals surface area contributed by atoms with Crippen LogP contribution >= 0.6 is 15.9 Å². The molecule has 0 radical (unpaired) electrons. The summed E-state index contributed by atoms with van der Waals surface area (Å²) in [4.78, 5) is 27.7. The van der Waals surface area contributed by atoms with E-state index in [4.69, 9.17) is 0 Å². The average Bonchev–Trinajstić information content (AvgIpc) is 2.70. The summed E-state index contributed by atoms with van der Waals surface area (Å²) in [6.07, 6.45) is 1.60. The third kappa shape index (κ3) is 8.47. The van der Waals surface area contributed by atoms with Crippen LogP contribution in [0.2, 0.25) is 0 Å². The van der Waals surface area contributed by atoms with Gasteiger partial charge in [0.25, 0.3) is 0 Å². The monoisotopic (exact) mass is 537 g/mol. The van der Waals surface area contributed by atoms with E-state index >= 15 is 0 Å². The minimum absolute atomic E-state index is 0.275. The smallest absolute Gasteiger partial charge is 0.244 e. The van der Waals surface area contributed by atoms with Gasteiger partial charge in [-0.3, -0.25) is 13.9 Å². The molecule has 1 atom stereocenters. The third-order valence-corrected chi connectivity index (χ3v) is 6.56. The van der Waals surface area contributed by atoms with Crippen LogP contribution < -0.4 is 9.62 Å². The first-order chi connectivity index (χ1) is 15.3. The Morgan fingerprint density at radius 2 is 1.70 bits per heavy atom. The number of carbonyl (C=O) groups excluding carboxylic acids is 2. The summed E-state index contributed by atoms with van der Waals surface area (Å²) in [5.41, 5.74) is 0.926. The highest BCUT2D eigenvalue weighted by Crippen LogP contribution is 2.22. The van der Waals surface area contributed by atoms with Crippen LogP contribution in [0.3, 0.4) is 0 Å². The van der Waals surface area contributed by atoms with Gasteiger partial charge in [0.1, 0.15) is 12.6 Å². The lowest BCUT2D eigenvalue weighted by atomic mass is 10.1. The molecular weight excluding hydrogens is 506 g/mol. The van der Waals surface area contributed by atoms with E-state index in [1.807, 2.05) is 51.1 Å². The van der Waals surface area contributed by atoms with Gasteiger partial charge in [0.2, 0.25) is 21.8 Å². The Morgan fingerprint density at radius 3 is 2.24 bits per heavy atom. The highest BCUT2D eigenvalue weighted by molar-refractivity contribution is 9.10. The van der Waals surface area contributed by atoms with Crippen molar-refractivity contribution in [3.63, 3.8) is 0 Å². The van der Waals surface area contributed by atoms with Crippen LogP contribution in [0.1, 0.15) is 33.3 Å². The Labute approximate surface area is 205 Å². The van der Waals surface area contributed by atoms with E-state index in [9.17, 15) is 18.0 Å². The molecule has 180 valence electrons. The molecule has 0 spiro atoms. The van der Waals surface area contributed by atoms with Gasteiger partial charge < -0.3 is 10.2 Å².